The van der Waals surface area contributed by atoms with Gasteiger partial charge in [0.25, 0.3) is 9.05 Å². The first-order valence-electron chi connectivity index (χ1n) is 6.03. The van der Waals surface area contributed by atoms with Gasteiger partial charge < -0.3 is 4.74 Å². The van der Waals surface area contributed by atoms with Crippen molar-refractivity contribution in [3.8, 4) is 5.75 Å². The highest BCUT2D eigenvalue weighted by Gasteiger charge is 2.08. The minimum absolute atomic E-state index is 0.0740. The number of rotatable bonds is 4. The number of methoxy groups -OCH3 is 1. The van der Waals surface area contributed by atoms with E-state index < -0.39 is 9.05 Å². The highest BCUT2D eigenvalue weighted by Crippen LogP contribution is 2.18. The van der Waals surface area contributed by atoms with Crippen LogP contribution in [-0.4, -0.2) is 15.5 Å². The molecule has 0 aliphatic rings. The van der Waals surface area contributed by atoms with Crippen molar-refractivity contribution < 1.29 is 13.2 Å². The highest BCUT2D eigenvalue weighted by atomic mass is 35.7. The number of benzene rings is 2. The van der Waals surface area contributed by atoms with Crippen molar-refractivity contribution >= 4 is 19.7 Å². The maximum Gasteiger partial charge on any atom is 0.261 e. The van der Waals surface area contributed by atoms with Gasteiger partial charge in [-0.05, 0) is 29.8 Å². The van der Waals surface area contributed by atoms with E-state index in [0.717, 1.165) is 6.54 Å². The molecule has 0 aliphatic carbocycles. The van der Waals surface area contributed by atoms with Gasteiger partial charge in [-0.3, -0.25) is 11.3 Å². The van der Waals surface area contributed by atoms with Crippen LogP contribution in [0.1, 0.15) is 5.56 Å². The number of hydrazine groups is 1. The van der Waals surface area contributed by atoms with Crippen LogP contribution in [0.5, 0.6) is 5.75 Å². The Kier molecular flexibility index (Phi) is 7.18. The Morgan fingerprint density at radius 2 is 1.67 bits per heavy atom. The first-order valence-corrected chi connectivity index (χ1v) is 8.34. The van der Waals surface area contributed by atoms with E-state index in [1.165, 1.54) is 36.9 Å². The van der Waals surface area contributed by atoms with E-state index in [0.29, 0.717) is 5.75 Å². The molecule has 0 fully saturated rings. The SMILES string of the molecule is COc1ccc(S(=O)(=O)Cl)cc1.NNCc1ccccc1. The molecule has 3 N–H and O–H groups in total. The lowest BCUT2D eigenvalue weighted by atomic mass is 10.2. The molecular formula is C14H17ClN2O3S. The summed E-state index contributed by atoms with van der Waals surface area (Å²) in [5.41, 5.74) is 3.79. The third-order valence-electron chi connectivity index (χ3n) is 2.49. The molecule has 21 heavy (non-hydrogen) atoms. The Labute approximate surface area is 129 Å². The molecule has 0 saturated heterocycles. The van der Waals surface area contributed by atoms with Gasteiger partial charge in [-0.1, -0.05) is 30.3 Å². The largest absolute Gasteiger partial charge is 0.497 e. The van der Waals surface area contributed by atoms with Crippen molar-refractivity contribution in [2.24, 2.45) is 5.84 Å². The van der Waals surface area contributed by atoms with Crippen molar-refractivity contribution in [3.63, 3.8) is 0 Å². The fraction of sp³-hybridized carbons (Fsp3) is 0.143. The molecule has 2 aromatic carbocycles. The third kappa shape index (κ3) is 6.59. The topological polar surface area (TPSA) is 81.4 Å². The third-order valence-corrected chi connectivity index (χ3v) is 3.86. The summed E-state index contributed by atoms with van der Waals surface area (Å²) in [5, 5.41) is 0. The molecule has 0 amide bonds. The first kappa shape index (κ1) is 17.5. The second-order valence-electron chi connectivity index (χ2n) is 3.98. The minimum atomic E-state index is -3.61. The van der Waals surface area contributed by atoms with Crippen molar-refractivity contribution in [2.75, 3.05) is 7.11 Å². The van der Waals surface area contributed by atoms with Crippen LogP contribution in [0.15, 0.2) is 59.5 Å². The summed E-state index contributed by atoms with van der Waals surface area (Å²) >= 11 is 0. The summed E-state index contributed by atoms with van der Waals surface area (Å²) in [4.78, 5) is 0.0740. The number of halogens is 1. The van der Waals surface area contributed by atoms with Gasteiger partial charge in [0.2, 0.25) is 0 Å². The maximum absolute atomic E-state index is 10.8. The van der Waals surface area contributed by atoms with E-state index in [1.807, 2.05) is 30.3 Å². The number of nitrogens with two attached hydrogens (primary N) is 1. The summed E-state index contributed by atoms with van der Waals surface area (Å²) in [7, 11) is 2.98. The van der Waals surface area contributed by atoms with E-state index >= 15 is 0 Å². The van der Waals surface area contributed by atoms with E-state index in [9.17, 15) is 8.42 Å². The van der Waals surface area contributed by atoms with E-state index in [1.54, 1.807) is 0 Å². The number of hydrogen-bond donors (Lipinski definition) is 2. The molecule has 0 bridgehead atoms. The molecule has 2 aromatic rings. The smallest absolute Gasteiger partial charge is 0.261 e. The second kappa shape index (κ2) is 8.63. The van der Waals surface area contributed by atoms with Crippen LogP contribution >= 0.6 is 10.7 Å². The van der Waals surface area contributed by atoms with E-state index in [2.05, 4.69) is 5.43 Å². The molecule has 0 spiro atoms. The van der Waals surface area contributed by atoms with Crippen LogP contribution < -0.4 is 16.0 Å². The van der Waals surface area contributed by atoms with E-state index in [4.69, 9.17) is 21.3 Å². The monoisotopic (exact) mass is 328 g/mol. The molecule has 0 saturated carbocycles. The predicted molar refractivity (Wildman–Crippen MR) is 83.5 cm³/mol. The van der Waals surface area contributed by atoms with Crippen LogP contribution in [0.2, 0.25) is 0 Å². The van der Waals surface area contributed by atoms with Crippen LogP contribution in [0.3, 0.4) is 0 Å². The molecule has 0 heterocycles. The van der Waals surface area contributed by atoms with Crippen molar-refractivity contribution in [1.82, 2.24) is 5.43 Å². The van der Waals surface area contributed by atoms with Gasteiger partial charge in [-0.2, -0.15) is 0 Å². The molecule has 0 aliphatic heterocycles. The van der Waals surface area contributed by atoms with Crippen LogP contribution in [0.4, 0.5) is 0 Å². The molecule has 114 valence electrons. The Morgan fingerprint density at radius 3 is 2.10 bits per heavy atom. The second-order valence-corrected chi connectivity index (χ2v) is 6.55. The van der Waals surface area contributed by atoms with Crippen LogP contribution in [0.25, 0.3) is 0 Å². The Balaban J connectivity index is 0.000000219. The lowest BCUT2D eigenvalue weighted by molar-refractivity contribution is 0.414. The minimum Gasteiger partial charge on any atom is -0.497 e. The quantitative estimate of drug-likeness (QED) is 0.511. The normalized spacial score (nSPS) is 10.4. The van der Waals surface area contributed by atoms with E-state index in [-0.39, 0.29) is 4.90 Å². The van der Waals surface area contributed by atoms with Crippen molar-refractivity contribution in [1.29, 1.82) is 0 Å². The summed E-state index contributed by atoms with van der Waals surface area (Å²) in [5.74, 6) is 5.71. The van der Waals surface area contributed by atoms with Gasteiger partial charge in [0.05, 0.1) is 12.0 Å². The van der Waals surface area contributed by atoms with Crippen LogP contribution in [0, 0.1) is 0 Å². The fourth-order valence-corrected chi connectivity index (χ4v) is 2.22. The highest BCUT2D eigenvalue weighted by molar-refractivity contribution is 8.13. The molecular weight excluding hydrogens is 312 g/mol. The van der Waals surface area contributed by atoms with Gasteiger partial charge in [0.15, 0.2) is 0 Å². The zero-order valence-corrected chi connectivity index (χ0v) is 13.1. The molecule has 0 atom stereocenters. The molecule has 5 nitrogen and oxygen atoms in total. The fourth-order valence-electron chi connectivity index (χ4n) is 1.45. The Hall–Kier alpha value is -1.60. The Bertz CT molecular complexity index is 631. The maximum atomic E-state index is 10.8. The standard InChI is InChI=1S/C7H7ClO3S.C7H10N2/c1-11-6-2-4-7(5-3-6)12(8,9)10;8-9-6-7-4-2-1-3-5-7/h2-5H,1H3;1-5,9H,6,8H2. The van der Waals surface area contributed by atoms with Gasteiger partial charge in [0, 0.05) is 17.2 Å². The lowest BCUT2D eigenvalue weighted by Crippen LogP contribution is -2.20. The zero-order chi connectivity index (χ0) is 15.7. The number of hydrogen-bond acceptors (Lipinski definition) is 5. The van der Waals surface area contributed by atoms with Crippen LogP contribution in [-0.2, 0) is 15.6 Å². The zero-order valence-electron chi connectivity index (χ0n) is 11.5. The molecule has 0 aromatic heterocycles. The molecule has 0 radical (unpaired) electrons. The summed E-state index contributed by atoms with van der Waals surface area (Å²) in [6, 6.07) is 15.9. The van der Waals surface area contributed by atoms with Gasteiger partial charge in [0.1, 0.15) is 5.75 Å². The van der Waals surface area contributed by atoms with Crippen molar-refractivity contribution in [2.45, 2.75) is 11.4 Å². The Morgan fingerprint density at radius 1 is 1.10 bits per heavy atom. The predicted octanol–water partition coefficient (Wildman–Crippen LogP) is 2.27. The van der Waals surface area contributed by atoms with Crippen molar-refractivity contribution in [3.05, 3.63) is 60.2 Å². The summed E-state index contributed by atoms with van der Waals surface area (Å²) in [6.45, 7) is 0.737. The number of ether oxygens (including phenoxy) is 1. The lowest BCUT2D eigenvalue weighted by Gasteiger charge is -1.99. The average Bonchev–Trinajstić information content (AvgIpc) is 2.48. The number of nitrogens with one attached hydrogen (secondary N) is 1. The molecule has 2 rings (SSSR count). The summed E-state index contributed by atoms with van der Waals surface area (Å²) in [6.07, 6.45) is 0. The summed E-state index contributed by atoms with van der Waals surface area (Å²) < 4.78 is 26.4. The van der Waals surface area contributed by atoms with Gasteiger partial charge in [-0.15, -0.1) is 0 Å². The van der Waals surface area contributed by atoms with Gasteiger partial charge >= 0.3 is 0 Å². The first-order chi connectivity index (χ1) is 9.97. The molecule has 7 heteroatoms. The van der Waals surface area contributed by atoms with Gasteiger partial charge in [-0.25, -0.2) is 8.42 Å². The molecule has 0 unspecified atom stereocenters. The average molecular weight is 329 g/mol.